The van der Waals surface area contributed by atoms with E-state index in [1.54, 1.807) is 0 Å². The Morgan fingerprint density at radius 1 is 1.30 bits per heavy atom. The average Bonchev–Trinajstić information content (AvgIpc) is 2.41. The van der Waals surface area contributed by atoms with Gasteiger partial charge in [-0.25, -0.2) is 9.97 Å². The van der Waals surface area contributed by atoms with E-state index in [0.29, 0.717) is 30.2 Å². The molecule has 1 unspecified atom stereocenters. The van der Waals surface area contributed by atoms with Crippen LogP contribution in [0.3, 0.4) is 0 Å². The molecule has 1 atom stereocenters. The standard InChI is InChI=1S/C14H23BrN4O/c1-8(2)12-11(15)13(16)18-14(17-12)10-7-19(9(3)4)5-6-20-10/h8-10H,5-7H2,1-4H3,(H2,16,17,18). The second-order valence-corrected chi connectivity index (χ2v) is 6.56. The van der Waals surface area contributed by atoms with Gasteiger partial charge in [0.15, 0.2) is 5.82 Å². The molecule has 2 heterocycles. The van der Waals surface area contributed by atoms with Gasteiger partial charge in [0.2, 0.25) is 0 Å². The molecule has 1 aromatic rings. The molecule has 5 nitrogen and oxygen atoms in total. The van der Waals surface area contributed by atoms with Crippen LogP contribution < -0.4 is 5.73 Å². The molecule has 112 valence electrons. The van der Waals surface area contributed by atoms with Gasteiger partial charge in [0.25, 0.3) is 0 Å². The zero-order valence-electron chi connectivity index (χ0n) is 12.6. The zero-order valence-corrected chi connectivity index (χ0v) is 14.1. The van der Waals surface area contributed by atoms with Crippen molar-refractivity contribution in [3.8, 4) is 0 Å². The molecule has 1 aliphatic heterocycles. The van der Waals surface area contributed by atoms with E-state index >= 15 is 0 Å². The average molecular weight is 343 g/mol. The summed E-state index contributed by atoms with van der Waals surface area (Å²) in [5, 5.41) is 0. The Labute approximate surface area is 129 Å². The SMILES string of the molecule is CC(C)c1nc(C2CN(C(C)C)CCO2)nc(N)c1Br. The lowest BCUT2D eigenvalue weighted by atomic mass is 10.1. The third-order valence-electron chi connectivity index (χ3n) is 3.58. The minimum atomic E-state index is -0.0981. The predicted octanol–water partition coefficient (Wildman–Crippen LogP) is 2.73. The fourth-order valence-corrected chi connectivity index (χ4v) is 2.96. The van der Waals surface area contributed by atoms with Crippen molar-refractivity contribution in [1.82, 2.24) is 14.9 Å². The lowest BCUT2D eigenvalue weighted by Crippen LogP contribution is -2.42. The number of halogens is 1. The molecule has 2 N–H and O–H groups in total. The molecule has 1 aliphatic rings. The van der Waals surface area contributed by atoms with Gasteiger partial charge in [0.1, 0.15) is 11.9 Å². The van der Waals surface area contributed by atoms with Crippen molar-refractivity contribution in [2.24, 2.45) is 0 Å². The molecule has 0 amide bonds. The molecule has 0 aromatic carbocycles. The lowest BCUT2D eigenvalue weighted by Gasteiger charge is -2.35. The molecular formula is C14H23BrN4O. The first kappa shape index (κ1) is 15.7. The van der Waals surface area contributed by atoms with E-state index in [1.165, 1.54) is 0 Å². The first-order valence-electron chi connectivity index (χ1n) is 7.08. The Morgan fingerprint density at radius 2 is 2.00 bits per heavy atom. The van der Waals surface area contributed by atoms with Gasteiger partial charge in [-0.05, 0) is 35.7 Å². The number of rotatable bonds is 3. The topological polar surface area (TPSA) is 64.3 Å². The molecule has 6 heteroatoms. The van der Waals surface area contributed by atoms with Gasteiger partial charge in [-0.1, -0.05) is 13.8 Å². The Bertz CT molecular complexity index is 478. The van der Waals surface area contributed by atoms with Crippen molar-refractivity contribution in [2.45, 2.75) is 45.8 Å². The van der Waals surface area contributed by atoms with Gasteiger partial charge in [-0.3, -0.25) is 4.90 Å². The van der Waals surface area contributed by atoms with Crippen molar-refractivity contribution in [3.63, 3.8) is 0 Å². The minimum Gasteiger partial charge on any atom is -0.383 e. The normalized spacial score (nSPS) is 20.9. The van der Waals surface area contributed by atoms with Gasteiger partial charge in [-0.2, -0.15) is 0 Å². The summed E-state index contributed by atoms with van der Waals surface area (Å²) < 4.78 is 6.64. The largest absolute Gasteiger partial charge is 0.383 e. The first-order chi connectivity index (χ1) is 9.40. The Kier molecular flexibility index (Phi) is 4.99. The highest BCUT2D eigenvalue weighted by Gasteiger charge is 2.27. The maximum Gasteiger partial charge on any atom is 0.161 e. The van der Waals surface area contributed by atoms with Crippen LogP contribution in [0, 0.1) is 0 Å². The van der Waals surface area contributed by atoms with Crippen molar-refractivity contribution in [3.05, 3.63) is 16.0 Å². The maximum absolute atomic E-state index is 5.99. The van der Waals surface area contributed by atoms with Gasteiger partial charge in [0.05, 0.1) is 16.8 Å². The number of anilines is 1. The lowest BCUT2D eigenvalue weighted by molar-refractivity contribution is -0.0443. The summed E-state index contributed by atoms with van der Waals surface area (Å²) in [7, 11) is 0. The molecule has 0 bridgehead atoms. The maximum atomic E-state index is 5.99. The molecule has 1 fully saturated rings. The van der Waals surface area contributed by atoms with Gasteiger partial charge < -0.3 is 10.5 Å². The summed E-state index contributed by atoms with van der Waals surface area (Å²) in [5.74, 6) is 1.47. The van der Waals surface area contributed by atoms with Crippen molar-refractivity contribution in [2.75, 3.05) is 25.4 Å². The van der Waals surface area contributed by atoms with Crippen molar-refractivity contribution >= 4 is 21.7 Å². The molecule has 1 aromatic heterocycles. The van der Waals surface area contributed by atoms with E-state index < -0.39 is 0 Å². The highest BCUT2D eigenvalue weighted by Crippen LogP contribution is 2.30. The highest BCUT2D eigenvalue weighted by molar-refractivity contribution is 9.10. The summed E-state index contributed by atoms with van der Waals surface area (Å²) in [6, 6.07) is 0.499. The summed E-state index contributed by atoms with van der Waals surface area (Å²) in [6.45, 7) is 11.1. The van der Waals surface area contributed by atoms with E-state index in [-0.39, 0.29) is 6.10 Å². The molecule has 0 aliphatic carbocycles. The number of hydrogen-bond donors (Lipinski definition) is 1. The molecule has 0 radical (unpaired) electrons. The molecule has 0 saturated carbocycles. The third kappa shape index (κ3) is 3.30. The Balaban J connectivity index is 2.28. The third-order valence-corrected chi connectivity index (χ3v) is 4.40. The predicted molar refractivity (Wildman–Crippen MR) is 83.6 cm³/mol. The number of ether oxygens (including phenoxy) is 1. The van der Waals surface area contributed by atoms with E-state index in [0.717, 1.165) is 23.3 Å². The van der Waals surface area contributed by atoms with E-state index in [1.807, 2.05) is 0 Å². The van der Waals surface area contributed by atoms with Crippen LogP contribution in [0.4, 0.5) is 5.82 Å². The first-order valence-corrected chi connectivity index (χ1v) is 7.88. The summed E-state index contributed by atoms with van der Waals surface area (Å²) >= 11 is 3.47. The number of nitrogens with zero attached hydrogens (tertiary/aromatic N) is 3. The van der Waals surface area contributed by atoms with Crippen LogP contribution in [0.15, 0.2) is 4.47 Å². The summed E-state index contributed by atoms with van der Waals surface area (Å²) in [4.78, 5) is 11.4. The minimum absolute atomic E-state index is 0.0981. The molecule has 1 saturated heterocycles. The van der Waals surface area contributed by atoms with Crippen LogP contribution in [0.25, 0.3) is 0 Å². The molecule has 2 rings (SSSR count). The quantitative estimate of drug-likeness (QED) is 0.914. The Morgan fingerprint density at radius 3 is 2.60 bits per heavy atom. The number of nitrogen functional groups attached to an aromatic ring is 1. The molecule has 0 spiro atoms. The van der Waals surface area contributed by atoms with Crippen molar-refractivity contribution in [1.29, 1.82) is 0 Å². The second kappa shape index (κ2) is 6.37. The Hall–Kier alpha value is -0.720. The van der Waals surface area contributed by atoms with E-state index in [4.69, 9.17) is 10.5 Å². The fraction of sp³-hybridized carbons (Fsp3) is 0.714. The number of morpholine rings is 1. The van der Waals surface area contributed by atoms with Crippen LogP contribution in [0.2, 0.25) is 0 Å². The van der Waals surface area contributed by atoms with Gasteiger partial charge in [-0.15, -0.1) is 0 Å². The summed E-state index contributed by atoms with van der Waals surface area (Å²) in [5.41, 5.74) is 6.94. The number of aromatic nitrogens is 2. The molecule has 20 heavy (non-hydrogen) atoms. The molecular weight excluding hydrogens is 320 g/mol. The van der Waals surface area contributed by atoms with E-state index in [2.05, 4.69) is 58.5 Å². The van der Waals surface area contributed by atoms with Crippen molar-refractivity contribution < 1.29 is 4.74 Å². The fourth-order valence-electron chi connectivity index (χ4n) is 2.32. The second-order valence-electron chi connectivity index (χ2n) is 5.77. The van der Waals surface area contributed by atoms with Crippen LogP contribution in [-0.2, 0) is 4.74 Å². The van der Waals surface area contributed by atoms with Crippen LogP contribution in [-0.4, -0.2) is 40.6 Å². The van der Waals surface area contributed by atoms with Gasteiger partial charge in [0, 0.05) is 19.1 Å². The van der Waals surface area contributed by atoms with Gasteiger partial charge >= 0.3 is 0 Å². The smallest absolute Gasteiger partial charge is 0.161 e. The van der Waals surface area contributed by atoms with Crippen LogP contribution in [0.1, 0.15) is 51.2 Å². The zero-order chi connectivity index (χ0) is 14.9. The highest BCUT2D eigenvalue weighted by atomic mass is 79.9. The number of hydrogen-bond acceptors (Lipinski definition) is 5. The van der Waals surface area contributed by atoms with Crippen LogP contribution in [0.5, 0.6) is 0 Å². The van der Waals surface area contributed by atoms with Crippen LogP contribution >= 0.6 is 15.9 Å². The summed E-state index contributed by atoms with van der Waals surface area (Å²) in [6.07, 6.45) is -0.0981. The monoisotopic (exact) mass is 342 g/mol. The number of nitrogens with two attached hydrogens (primary N) is 1. The van der Waals surface area contributed by atoms with E-state index in [9.17, 15) is 0 Å².